The number of rotatable bonds is 4. The molecule has 0 fully saturated rings. The van der Waals surface area contributed by atoms with Gasteiger partial charge in [0.15, 0.2) is 6.04 Å². The molecule has 0 aromatic carbocycles. The SMILES string of the molecule is COC(=O)[C@@H](NC(C)=O)[C@H](C)OC(=O)C(C)(C)C. The molecule has 0 aliphatic rings. The zero-order valence-electron chi connectivity index (χ0n) is 11.7. The first-order chi connectivity index (χ1) is 8.09. The molecule has 0 rings (SSSR count). The number of carbonyl (C=O) groups is 3. The topological polar surface area (TPSA) is 81.7 Å². The Kier molecular flexibility index (Phi) is 5.81. The first kappa shape index (κ1) is 16.4. The highest BCUT2D eigenvalue weighted by Crippen LogP contribution is 2.17. The molecule has 0 saturated carbocycles. The van der Waals surface area contributed by atoms with Crippen LogP contribution in [0.5, 0.6) is 0 Å². The monoisotopic (exact) mass is 259 g/mol. The summed E-state index contributed by atoms with van der Waals surface area (Å²) in [5.41, 5.74) is -0.675. The van der Waals surface area contributed by atoms with Gasteiger partial charge in [0.1, 0.15) is 6.10 Å². The Bertz CT molecular complexity index is 332. The van der Waals surface area contributed by atoms with E-state index in [2.05, 4.69) is 10.1 Å². The van der Waals surface area contributed by atoms with E-state index >= 15 is 0 Å². The Balaban J connectivity index is 4.76. The van der Waals surface area contributed by atoms with Crippen LogP contribution in [0.15, 0.2) is 0 Å². The van der Waals surface area contributed by atoms with Crippen LogP contribution in [0.4, 0.5) is 0 Å². The van der Waals surface area contributed by atoms with Gasteiger partial charge in [0, 0.05) is 6.92 Å². The van der Waals surface area contributed by atoms with Crippen LogP contribution in [0.1, 0.15) is 34.6 Å². The maximum Gasteiger partial charge on any atom is 0.332 e. The van der Waals surface area contributed by atoms with Crippen LogP contribution in [-0.2, 0) is 23.9 Å². The van der Waals surface area contributed by atoms with Crippen molar-refractivity contribution < 1.29 is 23.9 Å². The molecule has 0 heterocycles. The van der Waals surface area contributed by atoms with Crippen LogP contribution in [0.25, 0.3) is 0 Å². The normalized spacial score (nSPS) is 14.3. The summed E-state index contributed by atoms with van der Waals surface area (Å²) in [5.74, 6) is -1.50. The number of hydrogen-bond acceptors (Lipinski definition) is 5. The van der Waals surface area contributed by atoms with Crippen molar-refractivity contribution in [1.29, 1.82) is 0 Å². The van der Waals surface area contributed by atoms with E-state index in [4.69, 9.17) is 4.74 Å². The largest absolute Gasteiger partial charge is 0.467 e. The third kappa shape index (κ3) is 5.16. The Morgan fingerprint density at radius 1 is 1.17 bits per heavy atom. The van der Waals surface area contributed by atoms with Gasteiger partial charge in [0.05, 0.1) is 12.5 Å². The second-order valence-corrected chi connectivity index (χ2v) is 5.06. The van der Waals surface area contributed by atoms with Crippen molar-refractivity contribution in [2.45, 2.75) is 46.8 Å². The summed E-state index contributed by atoms with van der Waals surface area (Å²) in [4.78, 5) is 34.2. The zero-order chi connectivity index (χ0) is 14.5. The van der Waals surface area contributed by atoms with E-state index in [0.717, 1.165) is 0 Å². The van der Waals surface area contributed by atoms with Gasteiger partial charge in [-0.1, -0.05) is 0 Å². The lowest BCUT2D eigenvalue weighted by Crippen LogP contribution is -2.49. The molecule has 1 N–H and O–H groups in total. The fourth-order valence-corrected chi connectivity index (χ4v) is 1.13. The van der Waals surface area contributed by atoms with Crippen LogP contribution in [-0.4, -0.2) is 37.1 Å². The molecule has 6 nitrogen and oxygen atoms in total. The van der Waals surface area contributed by atoms with Gasteiger partial charge in [-0.3, -0.25) is 9.59 Å². The van der Waals surface area contributed by atoms with Gasteiger partial charge in [-0.15, -0.1) is 0 Å². The Morgan fingerprint density at radius 2 is 1.67 bits per heavy atom. The molecule has 0 unspecified atom stereocenters. The minimum absolute atomic E-state index is 0.399. The van der Waals surface area contributed by atoms with Gasteiger partial charge in [0.25, 0.3) is 0 Å². The van der Waals surface area contributed by atoms with Crippen molar-refractivity contribution in [3.05, 3.63) is 0 Å². The number of carbonyl (C=O) groups excluding carboxylic acids is 3. The van der Waals surface area contributed by atoms with Crippen molar-refractivity contribution in [2.24, 2.45) is 5.41 Å². The van der Waals surface area contributed by atoms with Gasteiger partial charge in [-0.2, -0.15) is 0 Å². The van der Waals surface area contributed by atoms with Crippen LogP contribution < -0.4 is 5.32 Å². The van der Waals surface area contributed by atoms with E-state index in [1.165, 1.54) is 21.0 Å². The van der Waals surface area contributed by atoms with Gasteiger partial charge in [-0.05, 0) is 27.7 Å². The average molecular weight is 259 g/mol. The van der Waals surface area contributed by atoms with Gasteiger partial charge < -0.3 is 14.8 Å². The molecule has 0 aromatic heterocycles. The molecule has 0 saturated heterocycles. The fraction of sp³-hybridized carbons (Fsp3) is 0.750. The first-order valence-corrected chi connectivity index (χ1v) is 5.65. The lowest BCUT2D eigenvalue weighted by Gasteiger charge is -2.25. The highest BCUT2D eigenvalue weighted by molar-refractivity contribution is 5.84. The van der Waals surface area contributed by atoms with E-state index < -0.39 is 35.4 Å². The molecular formula is C12H21NO5. The van der Waals surface area contributed by atoms with Gasteiger partial charge >= 0.3 is 11.9 Å². The van der Waals surface area contributed by atoms with E-state index in [9.17, 15) is 14.4 Å². The average Bonchev–Trinajstić information content (AvgIpc) is 2.22. The Morgan fingerprint density at radius 3 is 2.00 bits per heavy atom. The second kappa shape index (κ2) is 6.37. The summed E-state index contributed by atoms with van der Waals surface area (Å²) in [6.07, 6.45) is -0.798. The molecule has 0 aliphatic carbocycles. The number of nitrogens with one attached hydrogen (secondary N) is 1. The summed E-state index contributed by atoms with van der Waals surface area (Å²) in [7, 11) is 1.20. The van der Waals surface area contributed by atoms with E-state index in [-0.39, 0.29) is 0 Å². The fourth-order valence-electron chi connectivity index (χ4n) is 1.13. The third-order valence-electron chi connectivity index (χ3n) is 2.19. The number of esters is 2. The number of methoxy groups -OCH3 is 1. The Hall–Kier alpha value is -1.59. The van der Waals surface area contributed by atoms with Crippen LogP contribution >= 0.6 is 0 Å². The lowest BCUT2D eigenvalue weighted by molar-refractivity contribution is -0.164. The molecule has 1 amide bonds. The van der Waals surface area contributed by atoms with E-state index in [0.29, 0.717) is 0 Å². The van der Waals surface area contributed by atoms with Crippen LogP contribution in [0.3, 0.4) is 0 Å². The molecule has 0 bridgehead atoms. The standard InChI is InChI=1S/C12H21NO5/c1-7(18-11(16)12(3,4)5)9(10(15)17-6)13-8(2)14/h7,9H,1-6H3,(H,13,14)/t7-,9-/m0/s1. The van der Waals surface area contributed by atoms with Crippen LogP contribution in [0, 0.1) is 5.41 Å². The maximum absolute atomic E-state index is 11.7. The van der Waals surface area contributed by atoms with Gasteiger partial charge in [-0.25, -0.2) is 4.79 Å². The maximum atomic E-state index is 11.7. The van der Waals surface area contributed by atoms with E-state index in [1.807, 2.05) is 0 Å². The molecule has 18 heavy (non-hydrogen) atoms. The second-order valence-electron chi connectivity index (χ2n) is 5.06. The molecule has 6 heteroatoms. The van der Waals surface area contributed by atoms with Gasteiger partial charge in [0.2, 0.25) is 5.91 Å². The number of amides is 1. The summed E-state index contributed by atoms with van der Waals surface area (Å²) < 4.78 is 9.70. The van der Waals surface area contributed by atoms with Crippen molar-refractivity contribution in [3.63, 3.8) is 0 Å². The predicted octanol–water partition coefficient (Wildman–Crippen LogP) is 0.642. The molecule has 0 aliphatic heterocycles. The lowest BCUT2D eigenvalue weighted by atomic mass is 9.97. The summed E-state index contributed by atoms with van der Waals surface area (Å²) in [6, 6.07) is -1.00. The quantitative estimate of drug-likeness (QED) is 0.749. The van der Waals surface area contributed by atoms with Crippen molar-refractivity contribution in [1.82, 2.24) is 5.32 Å². The third-order valence-corrected chi connectivity index (χ3v) is 2.19. The van der Waals surface area contributed by atoms with Crippen LogP contribution in [0.2, 0.25) is 0 Å². The number of ether oxygens (including phenoxy) is 2. The van der Waals surface area contributed by atoms with E-state index in [1.54, 1.807) is 20.8 Å². The first-order valence-electron chi connectivity index (χ1n) is 5.65. The zero-order valence-corrected chi connectivity index (χ0v) is 11.7. The highest BCUT2D eigenvalue weighted by Gasteiger charge is 2.33. The minimum Gasteiger partial charge on any atom is -0.467 e. The molecule has 2 atom stereocenters. The molecule has 104 valence electrons. The summed E-state index contributed by atoms with van der Waals surface area (Å²) in [5, 5.41) is 2.40. The number of hydrogen-bond donors (Lipinski definition) is 1. The molecule has 0 radical (unpaired) electrons. The summed E-state index contributed by atoms with van der Waals surface area (Å²) in [6.45, 7) is 7.91. The smallest absolute Gasteiger partial charge is 0.332 e. The van der Waals surface area contributed by atoms with Crippen molar-refractivity contribution in [3.8, 4) is 0 Å². The Labute approximate surface area is 107 Å². The van der Waals surface area contributed by atoms with Crippen molar-refractivity contribution in [2.75, 3.05) is 7.11 Å². The molecule has 0 aromatic rings. The molecule has 0 spiro atoms. The predicted molar refractivity (Wildman–Crippen MR) is 64.6 cm³/mol. The molecular weight excluding hydrogens is 238 g/mol. The minimum atomic E-state index is -1.00. The van der Waals surface area contributed by atoms with Crippen molar-refractivity contribution >= 4 is 17.8 Å². The summed E-state index contributed by atoms with van der Waals surface area (Å²) >= 11 is 0. The highest BCUT2D eigenvalue weighted by atomic mass is 16.6.